The molecule has 2 heteroatoms. The Bertz CT molecular complexity index is 180. The molecule has 0 aromatic rings. The van der Waals surface area contributed by atoms with Crippen molar-refractivity contribution >= 4 is 0 Å². The average Bonchev–Trinajstić information content (AvgIpc) is 2.24. The van der Waals surface area contributed by atoms with Crippen molar-refractivity contribution in [3.05, 3.63) is 0 Å². The van der Waals surface area contributed by atoms with Gasteiger partial charge in [-0.2, -0.15) is 0 Å². The predicted octanol–water partition coefficient (Wildman–Crippen LogP) is 2.89. The first-order valence-electron chi connectivity index (χ1n) is 7.07. The van der Waals surface area contributed by atoms with Gasteiger partial charge in [-0.3, -0.25) is 0 Å². The molecule has 0 aliphatic carbocycles. The third-order valence-electron chi connectivity index (χ3n) is 3.66. The normalized spacial score (nSPS) is 24.9. The van der Waals surface area contributed by atoms with E-state index in [1.807, 2.05) is 0 Å². The number of likely N-dealkylation sites (tertiary alicyclic amines) is 1. The molecule has 1 N–H and O–H groups in total. The second kappa shape index (κ2) is 7.29. The van der Waals surface area contributed by atoms with Crippen LogP contribution in [0.5, 0.6) is 0 Å². The topological polar surface area (TPSA) is 15.3 Å². The quantitative estimate of drug-likeness (QED) is 0.701. The highest BCUT2D eigenvalue weighted by Crippen LogP contribution is 2.19. The molecule has 0 radical (unpaired) electrons. The molecule has 1 saturated heterocycles. The lowest BCUT2D eigenvalue weighted by Gasteiger charge is -2.35. The van der Waals surface area contributed by atoms with Gasteiger partial charge < -0.3 is 10.2 Å². The van der Waals surface area contributed by atoms with Crippen LogP contribution in [0.25, 0.3) is 0 Å². The molecule has 2 nitrogen and oxygen atoms in total. The molecule has 0 saturated carbocycles. The van der Waals surface area contributed by atoms with Gasteiger partial charge in [-0.1, -0.05) is 20.8 Å². The minimum absolute atomic E-state index is 0.630. The average molecular weight is 226 g/mol. The van der Waals surface area contributed by atoms with E-state index < -0.39 is 0 Å². The maximum atomic E-state index is 3.49. The molecule has 2 unspecified atom stereocenters. The van der Waals surface area contributed by atoms with Gasteiger partial charge in [0.05, 0.1) is 0 Å². The lowest BCUT2D eigenvalue weighted by atomic mass is 9.98. The Labute approximate surface area is 102 Å². The summed E-state index contributed by atoms with van der Waals surface area (Å²) in [6, 6.07) is 1.40. The van der Waals surface area contributed by atoms with E-state index in [0.717, 1.165) is 12.0 Å². The molecule has 1 rings (SSSR count). The third kappa shape index (κ3) is 5.31. The van der Waals surface area contributed by atoms with Crippen LogP contribution < -0.4 is 5.32 Å². The van der Waals surface area contributed by atoms with E-state index in [1.165, 1.54) is 45.3 Å². The molecule has 0 spiro atoms. The summed E-state index contributed by atoms with van der Waals surface area (Å²) in [5.74, 6) is 0.907. The fourth-order valence-electron chi connectivity index (χ4n) is 2.60. The van der Waals surface area contributed by atoms with Gasteiger partial charge in [0.1, 0.15) is 0 Å². The van der Waals surface area contributed by atoms with Crippen molar-refractivity contribution < 1.29 is 0 Å². The summed E-state index contributed by atoms with van der Waals surface area (Å²) in [7, 11) is 0. The molecule has 2 atom stereocenters. The summed E-state index contributed by atoms with van der Waals surface area (Å²) in [5.41, 5.74) is 0. The molecule has 0 aromatic heterocycles. The molecule has 16 heavy (non-hydrogen) atoms. The predicted molar refractivity (Wildman–Crippen MR) is 71.8 cm³/mol. The van der Waals surface area contributed by atoms with E-state index in [2.05, 4.69) is 37.9 Å². The van der Waals surface area contributed by atoms with Crippen molar-refractivity contribution in [1.29, 1.82) is 0 Å². The molecule has 1 aliphatic rings. The van der Waals surface area contributed by atoms with E-state index in [1.54, 1.807) is 0 Å². The van der Waals surface area contributed by atoms with Crippen molar-refractivity contribution in [1.82, 2.24) is 10.2 Å². The Morgan fingerprint density at radius 1 is 1.31 bits per heavy atom. The van der Waals surface area contributed by atoms with Crippen LogP contribution in [-0.4, -0.2) is 36.6 Å². The maximum absolute atomic E-state index is 3.49. The number of hydrogen-bond donors (Lipinski definition) is 1. The van der Waals surface area contributed by atoms with Crippen molar-refractivity contribution in [2.75, 3.05) is 19.6 Å². The van der Waals surface area contributed by atoms with Crippen LogP contribution in [0.15, 0.2) is 0 Å². The van der Waals surface area contributed by atoms with Gasteiger partial charge in [0.15, 0.2) is 0 Å². The molecule has 96 valence electrons. The van der Waals surface area contributed by atoms with Crippen LogP contribution in [0.1, 0.15) is 53.4 Å². The number of rotatable bonds is 6. The highest BCUT2D eigenvalue weighted by molar-refractivity contribution is 4.75. The summed E-state index contributed by atoms with van der Waals surface area (Å²) in [6.07, 6.45) is 5.48. The van der Waals surface area contributed by atoms with E-state index in [9.17, 15) is 0 Å². The summed E-state index contributed by atoms with van der Waals surface area (Å²) < 4.78 is 0. The van der Waals surface area contributed by atoms with Crippen LogP contribution in [0.4, 0.5) is 0 Å². The van der Waals surface area contributed by atoms with Crippen molar-refractivity contribution in [3.63, 3.8) is 0 Å². The van der Waals surface area contributed by atoms with Crippen LogP contribution in [0.2, 0.25) is 0 Å². The summed E-state index contributed by atoms with van der Waals surface area (Å²) in [5, 5.41) is 3.49. The van der Waals surface area contributed by atoms with Crippen LogP contribution in [0, 0.1) is 5.92 Å². The number of nitrogens with one attached hydrogen (secondary N) is 1. The van der Waals surface area contributed by atoms with Crippen LogP contribution >= 0.6 is 0 Å². The minimum atomic E-state index is 0.630. The minimum Gasteiger partial charge on any atom is -0.315 e. The van der Waals surface area contributed by atoms with Gasteiger partial charge in [-0.15, -0.1) is 0 Å². The first-order valence-corrected chi connectivity index (χ1v) is 7.07. The first-order chi connectivity index (χ1) is 7.59. The molecule has 1 heterocycles. The van der Waals surface area contributed by atoms with Crippen LogP contribution in [0.3, 0.4) is 0 Å². The van der Waals surface area contributed by atoms with Crippen LogP contribution in [-0.2, 0) is 0 Å². The molecular weight excluding hydrogens is 196 g/mol. The smallest absolute Gasteiger partial charge is 0.00675 e. The van der Waals surface area contributed by atoms with Gasteiger partial charge in [0.2, 0.25) is 0 Å². The van der Waals surface area contributed by atoms with Gasteiger partial charge in [-0.05, 0) is 51.6 Å². The zero-order valence-corrected chi connectivity index (χ0v) is 11.6. The second-order valence-electron chi connectivity index (χ2n) is 5.84. The molecule has 0 bridgehead atoms. The first kappa shape index (κ1) is 14.0. The van der Waals surface area contributed by atoms with Gasteiger partial charge in [0, 0.05) is 18.6 Å². The Hall–Kier alpha value is -0.0800. The highest BCUT2D eigenvalue weighted by atomic mass is 15.2. The Kier molecular flexibility index (Phi) is 6.37. The lowest BCUT2D eigenvalue weighted by Crippen LogP contribution is -2.40. The lowest BCUT2D eigenvalue weighted by molar-refractivity contribution is 0.131. The third-order valence-corrected chi connectivity index (χ3v) is 3.66. The maximum Gasteiger partial charge on any atom is 0.00675 e. The Morgan fingerprint density at radius 2 is 2.06 bits per heavy atom. The fourth-order valence-corrected chi connectivity index (χ4v) is 2.60. The van der Waals surface area contributed by atoms with E-state index >= 15 is 0 Å². The standard InChI is InChI=1S/C14H30N2/c1-12(2)15-9-5-8-14(4)16-10-6-7-13(3)11-16/h12-15H,5-11H2,1-4H3. The van der Waals surface area contributed by atoms with Crippen molar-refractivity contribution in [2.45, 2.75) is 65.5 Å². The molecular formula is C14H30N2. The summed E-state index contributed by atoms with van der Waals surface area (Å²) in [4.78, 5) is 2.68. The molecule has 1 fully saturated rings. The van der Waals surface area contributed by atoms with Gasteiger partial charge >= 0.3 is 0 Å². The SMILES string of the molecule is CC1CCCN(C(C)CCCNC(C)C)C1. The highest BCUT2D eigenvalue weighted by Gasteiger charge is 2.20. The summed E-state index contributed by atoms with van der Waals surface area (Å²) >= 11 is 0. The molecule has 0 amide bonds. The number of piperidine rings is 1. The van der Waals surface area contributed by atoms with Crippen molar-refractivity contribution in [3.8, 4) is 0 Å². The zero-order chi connectivity index (χ0) is 12.0. The molecule has 1 aliphatic heterocycles. The molecule has 0 aromatic carbocycles. The van der Waals surface area contributed by atoms with E-state index in [0.29, 0.717) is 6.04 Å². The Balaban J connectivity index is 2.11. The monoisotopic (exact) mass is 226 g/mol. The number of hydrogen-bond acceptors (Lipinski definition) is 2. The van der Waals surface area contributed by atoms with E-state index in [-0.39, 0.29) is 0 Å². The van der Waals surface area contributed by atoms with Crippen molar-refractivity contribution in [2.24, 2.45) is 5.92 Å². The van der Waals surface area contributed by atoms with Gasteiger partial charge in [-0.25, -0.2) is 0 Å². The zero-order valence-electron chi connectivity index (χ0n) is 11.6. The van der Waals surface area contributed by atoms with E-state index in [4.69, 9.17) is 0 Å². The number of nitrogens with zero attached hydrogens (tertiary/aromatic N) is 1. The second-order valence-corrected chi connectivity index (χ2v) is 5.84. The van der Waals surface area contributed by atoms with Gasteiger partial charge in [0.25, 0.3) is 0 Å². The fraction of sp³-hybridized carbons (Fsp3) is 1.00. The summed E-state index contributed by atoms with van der Waals surface area (Å²) in [6.45, 7) is 13.0. The largest absolute Gasteiger partial charge is 0.315 e. The Morgan fingerprint density at radius 3 is 2.69 bits per heavy atom.